The zero-order chi connectivity index (χ0) is 14.4. The minimum atomic E-state index is 0.512. The van der Waals surface area contributed by atoms with Crippen LogP contribution in [0.15, 0.2) is 53.7 Å². The molecule has 0 aliphatic heterocycles. The van der Waals surface area contributed by atoms with Gasteiger partial charge >= 0.3 is 0 Å². The maximum Gasteiger partial charge on any atom is 0.122 e. The van der Waals surface area contributed by atoms with Gasteiger partial charge in [-0.05, 0) is 31.0 Å². The van der Waals surface area contributed by atoms with Gasteiger partial charge in [-0.3, -0.25) is 0 Å². The van der Waals surface area contributed by atoms with Gasteiger partial charge in [-0.15, -0.1) is 0 Å². The first-order chi connectivity index (χ1) is 9.72. The summed E-state index contributed by atoms with van der Waals surface area (Å²) in [5, 5.41) is 3.99. The monoisotopic (exact) mass is 269 g/mol. The topological polar surface area (TPSA) is 30.8 Å². The van der Waals surface area contributed by atoms with Crippen LogP contribution in [-0.2, 0) is 11.4 Å². The molecule has 0 aliphatic carbocycles. The highest BCUT2D eigenvalue weighted by Gasteiger charge is 2.07. The van der Waals surface area contributed by atoms with Gasteiger partial charge in [0, 0.05) is 5.56 Å². The molecule has 0 fully saturated rings. The number of nitrogens with zero attached hydrogens (tertiary/aromatic N) is 1. The molecular weight excluding hydrogens is 250 g/mol. The van der Waals surface area contributed by atoms with E-state index in [1.165, 1.54) is 0 Å². The highest BCUT2D eigenvalue weighted by Crippen LogP contribution is 2.19. The Labute approximate surface area is 119 Å². The molecule has 0 heterocycles. The van der Waals surface area contributed by atoms with E-state index in [2.05, 4.69) is 5.16 Å². The number of hydrogen-bond acceptors (Lipinski definition) is 3. The Hall–Kier alpha value is -2.29. The summed E-state index contributed by atoms with van der Waals surface area (Å²) in [4.78, 5) is 4.84. The van der Waals surface area contributed by atoms with Gasteiger partial charge in [-0.1, -0.05) is 47.6 Å². The van der Waals surface area contributed by atoms with E-state index in [9.17, 15) is 0 Å². The maximum absolute atomic E-state index is 5.90. The number of benzene rings is 2. The average Bonchev–Trinajstić information content (AvgIpc) is 2.47. The van der Waals surface area contributed by atoms with Crippen molar-refractivity contribution in [2.75, 3.05) is 7.11 Å². The second-order valence-corrected chi connectivity index (χ2v) is 4.57. The Morgan fingerprint density at radius 2 is 1.75 bits per heavy atom. The summed E-state index contributed by atoms with van der Waals surface area (Å²) in [7, 11) is 1.55. The fourth-order valence-electron chi connectivity index (χ4n) is 2.06. The van der Waals surface area contributed by atoms with E-state index in [0.29, 0.717) is 6.61 Å². The van der Waals surface area contributed by atoms with Gasteiger partial charge in [-0.2, -0.15) is 0 Å². The fourth-order valence-corrected chi connectivity index (χ4v) is 2.06. The SMILES string of the molecule is CON=C(C)c1ccccc1COc1ccccc1C. The first kappa shape index (κ1) is 14.1. The normalized spacial score (nSPS) is 11.2. The first-order valence-electron chi connectivity index (χ1n) is 6.57. The van der Waals surface area contributed by atoms with Crippen molar-refractivity contribution in [3.63, 3.8) is 0 Å². The lowest BCUT2D eigenvalue weighted by molar-refractivity contribution is 0.213. The van der Waals surface area contributed by atoms with Crippen LogP contribution in [0.25, 0.3) is 0 Å². The third kappa shape index (κ3) is 3.38. The smallest absolute Gasteiger partial charge is 0.122 e. The highest BCUT2D eigenvalue weighted by atomic mass is 16.6. The number of aryl methyl sites for hydroxylation is 1. The summed E-state index contributed by atoms with van der Waals surface area (Å²) < 4.78 is 5.90. The van der Waals surface area contributed by atoms with Gasteiger partial charge in [0.25, 0.3) is 0 Å². The highest BCUT2D eigenvalue weighted by molar-refractivity contribution is 5.99. The Balaban J connectivity index is 2.18. The van der Waals surface area contributed by atoms with Crippen molar-refractivity contribution in [2.45, 2.75) is 20.5 Å². The van der Waals surface area contributed by atoms with Gasteiger partial charge in [0.05, 0.1) is 5.71 Å². The van der Waals surface area contributed by atoms with Crippen LogP contribution in [0.5, 0.6) is 5.75 Å². The molecule has 0 atom stereocenters. The largest absolute Gasteiger partial charge is 0.489 e. The number of hydrogen-bond donors (Lipinski definition) is 0. The van der Waals surface area contributed by atoms with E-state index in [1.807, 2.05) is 62.4 Å². The van der Waals surface area contributed by atoms with Crippen LogP contribution < -0.4 is 4.74 Å². The van der Waals surface area contributed by atoms with Crippen LogP contribution in [0.4, 0.5) is 0 Å². The molecule has 104 valence electrons. The van der Waals surface area contributed by atoms with E-state index in [0.717, 1.165) is 28.2 Å². The van der Waals surface area contributed by atoms with Gasteiger partial charge < -0.3 is 9.57 Å². The molecule has 0 aromatic heterocycles. The van der Waals surface area contributed by atoms with Crippen molar-refractivity contribution in [2.24, 2.45) is 5.16 Å². The van der Waals surface area contributed by atoms with Crippen molar-refractivity contribution in [1.29, 1.82) is 0 Å². The van der Waals surface area contributed by atoms with Crippen LogP contribution in [0.3, 0.4) is 0 Å². The Bertz CT molecular complexity index is 605. The molecule has 0 aliphatic rings. The zero-order valence-electron chi connectivity index (χ0n) is 12.1. The van der Waals surface area contributed by atoms with Crippen LogP contribution in [0, 0.1) is 6.92 Å². The lowest BCUT2D eigenvalue weighted by atomic mass is 10.0. The summed E-state index contributed by atoms with van der Waals surface area (Å²) in [5.41, 5.74) is 4.11. The van der Waals surface area contributed by atoms with Crippen LogP contribution in [0.1, 0.15) is 23.6 Å². The fraction of sp³-hybridized carbons (Fsp3) is 0.235. The second-order valence-electron chi connectivity index (χ2n) is 4.57. The van der Waals surface area contributed by atoms with E-state index < -0.39 is 0 Å². The van der Waals surface area contributed by atoms with Gasteiger partial charge in [0.1, 0.15) is 19.5 Å². The van der Waals surface area contributed by atoms with Gasteiger partial charge in [0.15, 0.2) is 0 Å². The van der Waals surface area contributed by atoms with E-state index in [1.54, 1.807) is 7.11 Å². The van der Waals surface area contributed by atoms with Crippen molar-refractivity contribution in [3.05, 3.63) is 65.2 Å². The maximum atomic E-state index is 5.90. The molecule has 0 spiro atoms. The Kier molecular flexibility index (Phi) is 4.77. The average molecular weight is 269 g/mol. The molecule has 2 aromatic rings. The third-order valence-corrected chi connectivity index (χ3v) is 3.11. The van der Waals surface area contributed by atoms with Crippen molar-refractivity contribution in [3.8, 4) is 5.75 Å². The Morgan fingerprint density at radius 3 is 2.50 bits per heavy atom. The van der Waals surface area contributed by atoms with E-state index in [4.69, 9.17) is 9.57 Å². The summed E-state index contributed by atoms with van der Waals surface area (Å²) in [5.74, 6) is 0.906. The quantitative estimate of drug-likeness (QED) is 0.608. The van der Waals surface area contributed by atoms with Crippen LogP contribution >= 0.6 is 0 Å². The molecule has 20 heavy (non-hydrogen) atoms. The van der Waals surface area contributed by atoms with Crippen LogP contribution in [-0.4, -0.2) is 12.8 Å². The molecule has 2 rings (SSSR count). The molecule has 0 amide bonds. The standard InChI is InChI=1S/C17H19NO2/c1-13-8-4-7-11-17(13)20-12-15-9-5-6-10-16(15)14(2)18-19-3/h4-11H,12H2,1-3H3. The number of para-hydroxylation sites is 1. The zero-order valence-corrected chi connectivity index (χ0v) is 12.1. The second kappa shape index (κ2) is 6.75. The minimum Gasteiger partial charge on any atom is -0.489 e. The molecule has 0 unspecified atom stereocenters. The van der Waals surface area contributed by atoms with E-state index in [-0.39, 0.29) is 0 Å². The predicted octanol–water partition coefficient (Wildman–Crippen LogP) is 3.94. The van der Waals surface area contributed by atoms with E-state index >= 15 is 0 Å². The summed E-state index contributed by atoms with van der Waals surface area (Å²) in [6.07, 6.45) is 0. The summed E-state index contributed by atoms with van der Waals surface area (Å²) in [6.45, 7) is 4.48. The molecule has 0 saturated carbocycles. The van der Waals surface area contributed by atoms with Gasteiger partial charge in [-0.25, -0.2) is 0 Å². The van der Waals surface area contributed by atoms with Crippen molar-refractivity contribution < 1.29 is 9.57 Å². The molecular formula is C17H19NO2. The molecule has 0 saturated heterocycles. The lowest BCUT2D eigenvalue weighted by Gasteiger charge is -2.12. The predicted molar refractivity (Wildman–Crippen MR) is 81.2 cm³/mol. The van der Waals surface area contributed by atoms with Crippen molar-refractivity contribution >= 4 is 5.71 Å². The molecule has 2 aromatic carbocycles. The number of rotatable bonds is 5. The molecule has 3 heteroatoms. The third-order valence-electron chi connectivity index (χ3n) is 3.11. The summed E-state index contributed by atoms with van der Waals surface area (Å²) >= 11 is 0. The molecule has 0 bridgehead atoms. The number of oxime groups is 1. The van der Waals surface area contributed by atoms with Gasteiger partial charge in [0.2, 0.25) is 0 Å². The summed E-state index contributed by atoms with van der Waals surface area (Å²) in [6, 6.07) is 16.1. The number of ether oxygens (including phenoxy) is 1. The van der Waals surface area contributed by atoms with Crippen LogP contribution in [0.2, 0.25) is 0 Å². The first-order valence-corrected chi connectivity index (χ1v) is 6.57. The van der Waals surface area contributed by atoms with Crippen molar-refractivity contribution in [1.82, 2.24) is 0 Å². The molecule has 3 nitrogen and oxygen atoms in total. The Morgan fingerprint density at radius 1 is 1.05 bits per heavy atom. The minimum absolute atomic E-state index is 0.512. The molecule has 0 radical (unpaired) electrons. The molecule has 0 N–H and O–H groups in total. The lowest BCUT2D eigenvalue weighted by Crippen LogP contribution is -2.05.